The Bertz CT molecular complexity index is 991. The lowest BCUT2D eigenvalue weighted by Crippen LogP contribution is -2.40. The Morgan fingerprint density at radius 3 is 2.36 bits per heavy atom. The van der Waals surface area contributed by atoms with Gasteiger partial charge < -0.3 is 20.1 Å². The van der Waals surface area contributed by atoms with Gasteiger partial charge in [-0.15, -0.1) is 0 Å². The zero-order chi connectivity index (χ0) is 23.4. The number of benzene rings is 2. The van der Waals surface area contributed by atoms with Crippen molar-refractivity contribution in [2.75, 3.05) is 13.2 Å². The number of hydrogen-bond donors (Lipinski definition) is 2. The molecule has 2 atom stereocenters. The number of nitrogens with one attached hydrogen (secondary N) is 1. The molecular formula is C26H30N2O5. The van der Waals surface area contributed by atoms with E-state index in [0.29, 0.717) is 25.8 Å². The Kier molecular flexibility index (Phi) is 6.96. The second-order valence-electron chi connectivity index (χ2n) is 8.85. The summed E-state index contributed by atoms with van der Waals surface area (Å²) < 4.78 is 5.57. The number of carboxylic acid groups (broad SMARTS) is 1. The molecule has 1 aliphatic carbocycles. The first kappa shape index (κ1) is 22.8. The largest absolute Gasteiger partial charge is 0.480 e. The highest BCUT2D eigenvalue weighted by Gasteiger charge is 2.33. The summed E-state index contributed by atoms with van der Waals surface area (Å²) in [6, 6.07) is 15.5. The molecule has 0 saturated carbocycles. The van der Waals surface area contributed by atoms with E-state index in [4.69, 9.17) is 4.74 Å². The Balaban J connectivity index is 1.23. The van der Waals surface area contributed by atoms with E-state index in [9.17, 15) is 19.5 Å². The van der Waals surface area contributed by atoms with E-state index in [2.05, 4.69) is 29.6 Å². The minimum atomic E-state index is -0.939. The molecule has 0 aromatic heterocycles. The van der Waals surface area contributed by atoms with Gasteiger partial charge in [0.2, 0.25) is 5.91 Å². The van der Waals surface area contributed by atoms with Gasteiger partial charge in [-0.25, -0.2) is 9.59 Å². The molecule has 174 valence electrons. The van der Waals surface area contributed by atoms with Crippen LogP contribution in [0.25, 0.3) is 11.1 Å². The van der Waals surface area contributed by atoms with Gasteiger partial charge in [0.15, 0.2) is 0 Å². The summed E-state index contributed by atoms with van der Waals surface area (Å²) in [6.07, 6.45) is 2.23. The van der Waals surface area contributed by atoms with Gasteiger partial charge in [-0.1, -0.05) is 48.5 Å². The molecule has 1 heterocycles. The monoisotopic (exact) mass is 450 g/mol. The molecule has 4 rings (SSSR count). The zero-order valence-electron chi connectivity index (χ0n) is 18.8. The average molecular weight is 451 g/mol. The fourth-order valence-corrected chi connectivity index (χ4v) is 4.94. The molecule has 1 aliphatic heterocycles. The molecule has 2 N–H and O–H groups in total. The van der Waals surface area contributed by atoms with E-state index in [1.807, 2.05) is 31.2 Å². The minimum Gasteiger partial charge on any atom is -0.480 e. The summed E-state index contributed by atoms with van der Waals surface area (Å²) >= 11 is 0. The van der Waals surface area contributed by atoms with Gasteiger partial charge >= 0.3 is 12.1 Å². The molecule has 7 heteroatoms. The molecule has 1 saturated heterocycles. The van der Waals surface area contributed by atoms with Gasteiger partial charge in [-0.05, 0) is 54.9 Å². The number of hydrogen-bond acceptors (Lipinski definition) is 4. The molecule has 1 fully saturated rings. The Morgan fingerprint density at radius 1 is 1.09 bits per heavy atom. The molecule has 2 amide bonds. The third-order valence-corrected chi connectivity index (χ3v) is 6.59. The van der Waals surface area contributed by atoms with E-state index in [-0.39, 0.29) is 30.9 Å². The van der Waals surface area contributed by atoms with Crippen LogP contribution >= 0.6 is 0 Å². The van der Waals surface area contributed by atoms with Crippen LogP contribution in [-0.2, 0) is 14.3 Å². The number of carbonyl (C=O) groups is 3. The van der Waals surface area contributed by atoms with E-state index >= 15 is 0 Å². The molecule has 1 unspecified atom stereocenters. The van der Waals surface area contributed by atoms with Gasteiger partial charge in [0.05, 0.1) is 0 Å². The van der Waals surface area contributed by atoms with Gasteiger partial charge in [0, 0.05) is 24.9 Å². The third-order valence-electron chi connectivity index (χ3n) is 6.59. The average Bonchev–Trinajstić information content (AvgIpc) is 3.41. The first-order chi connectivity index (χ1) is 16.0. The van der Waals surface area contributed by atoms with Crippen LogP contribution in [0, 0.1) is 0 Å². The molecule has 33 heavy (non-hydrogen) atoms. The lowest BCUT2D eigenvalue weighted by atomic mass is 9.98. The predicted molar refractivity (Wildman–Crippen MR) is 124 cm³/mol. The van der Waals surface area contributed by atoms with E-state index < -0.39 is 18.1 Å². The Labute approximate surface area is 193 Å². The quantitative estimate of drug-likeness (QED) is 0.630. The number of ether oxygens (including phenoxy) is 1. The SMILES string of the molecule is CC(CCCC(=O)N1CCC[C@@H]1C(=O)O)NC(=O)OCC1c2ccccc2-c2ccccc21. The second kappa shape index (κ2) is 10.1. The lowest BCUT2D eigenvalue weighted by Gasteiger charge is -2.22. The van der Waals surface area contributed by atoms with Crippen LogP contribution < -0.4 is 5.32 Å². The number of amides is 2. The van der Waals surface area contributed by atoms with Crippen molar-refractivity contribution in [1.82, 2.24) is 10.2 Å². The number of aliphatic carboxylic acids is 1. The van der Waals surface area contributed by atoms with Crippen molar-refractivity contribution in [2.45, 2.75) is 57.0 Å². The first-order valence-corrected chi connectivity index (χ1v) is 11.6. The van der Waals surface area contributed by atoms with Crippen molar-refractivity contribution in [3.05, 3.63) is 59.7 Å². The van der Waals surface area contributed by atoms with Crippen LogP contribution in [0.2, 0.25) is 0 Å². The van der Waals surface area contributed by atoms with Gasteiger partial charge in [0.1, 0.15) is 12.6 Å². The molecule has 2 aromatic carbocycles. The molecule has 0 bridgehead atoms. The van der Waals surface area contributed by atoms with Gasteiger partial charge in [-0.3, -0.25) is 4.79 Å². The molecule has 7 nitrogen and oxygen atoms in total. The third kappa shape index (κ3) is 5.02. The van der Waals surface area contributed by atoms with Crippen LogP contribution in [0.15, 0.2) is 48.5 Å². The van der Waals surface area contributed by atoms with Crippen molar-refractivity contribution >= 4 is 18.0 Å². The second-order valence-corrected chi connectivity index (χ2v) is 8.85. The molecular weight excluding hydrogens is 420 g/mol. The summed E-state index contributed by atoms with van der Waals surface area (Å²) in [4.78, 5) is 37.5. The number of alkyl carbamates (subject to hydrolysis) is 1. The van der Waals surface area contributed by atoms with Crippen LogP contribution in [0.5, 0.6) is 0 Å². The van der Waals surface area contributed by atoms with Crippen LogP contribution in [0.4, 0.5) is 4.79 Å². The molecule has 2 aromatic rings. The highest BCUT2D eigenvalue weighted by Crippen LogP contribution is 2.44. The van der Waals surface area contributed by atoms with E-state index in [0.717, 1.165) is 6.42 Å². The van der Waals surface area contributed by atoms with Gasteiger partial charge in [0.25, 0.3) is 0 Å². The number of carboxylic acids is 1. The fraction of sp³-hybridized carbons (Fsp3) is 0.423. The number of carbonyl (C=O) groups excluding carboxylic acids is 2. The van der Waals surface area contributed by atoms with Crippen molar-refractivity contribution in [1.29, 1.82) is 0 Å². The highest BCUT2D eigenvalue weighted by molar-refractivity contribution is 5.84. The smallest absolute Gasteiger partial charge is 0.407 e. The lowest BCUT2D eigenvalue weighted by molar-refractivity contribution is -0.148. The Morgan fingerprint density at radius 2 is 1.73 bits per heavy atom. The summed E-state index contributed by atoms with van der Waals surface area (Å²) in [7, 11) is 0. The standard InChI is InChI=1S/C26H30N2O5/c1-17(8-6-14-24(29)28-15-7-13-23(28)25(30)31)27-26(32)33-16-22-20-11-4-2-9-18(20)19-10-3-5-12-21(19)22/h2-5,9-12,17,22-23H,6-8,13-16H2,1H3,(H,27,32)(H,30,31)/t17?,23-/m1/s1. The Hall–Kier alpha value is -3.35. The summed E-state index contributed by atoms with van der Waals surface area (Å²) in [5.41, 5.74) is 4.70. The number of fused-ring (bicyclic) bond motifs is 3. The minimum absolute atomic E-state index is 0.0127. The maximum Gasteiger partial charge on any atom is 0.407 e. The van der Waals surface area contributed by atoms with E-state index in [1.165, 1.54) is 27.2 Å². The summed E-state index contributed by atoms with van der Waals surface area (Å²) in [5, 5.41) is 12.1. The van der Waals surface area contributed by atoms with Crippen LogP contribution in [-0.4, -0.2) is 53.2 Å². The summed E-state index contributed by atoms with van der Waals surface area (Å²) in [5.74, 6) is -1.06. The van der Waals surface area contributed by atoms with Crippen LogP contribution in [0.3, 0.4) is 0 Å². The highest BCUT2D eigenvalue weighted by atomic mass is 16.5. The van der Waals surface area contributed by atoms with Crippen molar-refractivity contribution in [3.8, 4) is 11.1 Å². The maximum atomic E-state index is 12.4. The van der Waals surface area contributed by atoms with Crippen molar-refractivity contribution in [2.24, 2.45) is 0 Å². The number of nitrogens with zero attached hydrogens (tertiary/aromatic N) is 1. The van der Waals surface area contributed by atoms with Crippen molar-refractivity contribution in [3.63, 3.8) is 0 Å². The maximum absolute atomic E-state index is 12.4. The molecule has 2 aliphatic rings. The van der Waals surface area contributed by atoms with Crippen molar-refractivity contribution < 1.29 is 24.2 Å². The molecule has 0 spiro atoms. The topological polar surface area (TPSA) is 95.9 Å². The number of likely N-dealkylation sites (tertiary alicyclic amines) is 1. The van der Waals surface area contributed by atoms with E-state index in [1.54, 1.807) is 0 Å². The first-order valence-electron chi connectivity index (χ1n) is 11.6. The predicted octanol–water partition coefficient (Wildman–Crippen LogP) is 4.16. The number of rotatable bonds is 8. The molecule has 0 radical (unpaired) electrons. The summed E-state index contributed by atoms with van der Waals surface area (Å²) in [6.45, 7) is 2.64. The van der Waals surface area contributed by atoms with Gasteiger partial charge in [-0.2, -0.15) is 0 Å². The fourth-order valence-electron chi connectivity index (χ4n) is 4.94. The van der Waals surface area contributed by atoms with Crippen LogP contribution in [0.1, 0.15) is 56.1 Å². The zero-order valence-corrected chi connectivity index (χ0v) is 18.8. The normalized spacial score (nSPS) is 17.8.